The van der Waals surface area contributed by atoms with Crippen LogP contribution in [0.2, 0.25) is 5.02 Å². The van der Waals surface area contributed by atoms with E-state index in [9.17, 15) is 4.79 Å². The van der Waals surface area contributed by atoms with Crippen LogP contribution in [0.3, 0.4) is 0 Å². The smallest absolute Gasteiger partial charge is 0.173 e. The standard InChI is InChI=1S/C18H19ClOS/c1-12-8-14(3)17(9-13(12)2)18(20)11-21-10-15-4-6-16(19)7-5-15/h4-9H,10-11H2,1-3H3. The van der Waals surface area contributed by atoms with E-state index in [-0.39, 0.29) is 5.78 Å². The highest BCUT2D eigenvalue weighted by molar-refractivity contribution is 7.99. The molecule has 0 radical (unpaired) electrons. The third-order valence-corrected chi connectivity index (χ3v) is 4.81. The fourth-order valence-electron chi connectivity index (χ4n) is 2.18. The van der Waals surface area contributed by atoms with Gasteiger partial charge in [-0.1, -0.05) is 29.8 Å². The van der Waals surface area contributed by atoms with Crippen molar-refractivity contribution < 1.29 is 4.79 Å². The minimum absolute atomic E-state index is 0.203. The van der Waals surface area contributed by atoms with Crippen molar-refractivity contribution in [3.05, 3.63) is 69.2 Å². The van der Waals surface area contributed by atoms with E-state index < -0.39 is 0 Å². The van der Waals surface area contributed by atoms with Crippen LogP contribution in [0.4, 0.5) is 0 Å². The Hall–Kier alpha value is -1.25. The fraction of sp³-hybridized carbons (Fsp3) is 0.278. The van der Waals surface area contributed by atoms with Gasteiger partial charge in [0.25, 0.3) is 0 Å². The maximum atomic E-state index is 12.3. The number of benzene rings is 2. The molecule has 0 bridgehead atoms. The van der Waals surface area contributed by atoms with E-state index in [0.29, 0.717) is 5.75 Å². The summed E-state index contributed by atoms with van der Waals surface area (Å²) in [6.45, 7) is 6.13. The van der Waals surface area contributed by atoms with Crippen LogP contribution < -0.4 is 0 Å². The molecule has 0 spiro atoms. The Morgan fingerprint density at radius 2 is 1.62 bits per heavy atom. The average Bonchev–Trinajstić information content (AvgIpc) is 2.45. The third kappa shape index (κ3) is 4.36. The van der Waals surface area contributed by atoms with Gasteiger partial charge in [0.15, 0.2) is 5.78 Å². The van der Waals surface area contributed by atoms with E-state index in [0.717, 1.165) is 21.9 Å². The number of thioether (sulfide) groups is 1. The van der Waals surface area contributed by atoms with Gasteiger partial charge < -0.3 is 0 Å². The van der Waals surface area contributed by atoms with Gasteiger partial charge in [0.05, 0.1) is 5.75 Å². The monoisotopic (exact) mass is 318 g/mol. The van der Waals surface area contributed by atoms with Gasteiger partial charge >= 0.3 is 0 Å². The summed E-state index contributed by atoms with van der Waals surface area (Å²) in [5.74, 6) is 1.54. The SMILES string of the molecule is Cc1cc(C)c(C(=O)CSCc2ccc(Cl)cc2)cc1C. The van der Waals surface area contributed by atoms with Crippen LogP contribution in [-0.4, -0.2) is 11.5 Å². The summed E-state index contributed by atoms with van der Waals surface area (Å²) in [6.07, 6.45) is 0. The molecule has 0 atom stereocenters. The minimum Gasteiger partial charge on any atom is -0.293 e. The van der Waals surface area contributed by atoms with Crippen molar-refractivity contribution >= 4 is 29.1 Å². The van der Waals surface area contributed by atoms with Crippen molar-refractivity contribution in [1.82, 2.24) is 0 Å². The molecular weight excluding hydrogens is 300 g/mol. The molecule has 0 saturated carbocycles. The quantitative estimate of drug-likeness (QED) is 0.688. The van der Waals surface area contributed by atoms with E-state index in [1.165, 1.54) is 16.7 Å². The van der Waals surface area contributed by atoms with Gasteiger partial charge in [0.1, 0.15) is 0 Å². The topological polar surface area (TPSA) is 17.1 Å². The highest BCUT2D eigenvalue weighted by Crippen LogP contribution is 2.20. The lowest BCUT2D eigenvalue weighted by atomic mass is 9.99. The first-order valence-electron chi connectivity index (χ1n) is 6.90. The van der Waals surface area contributed by atoms with Gasteiger partial charge in [-0.2, -0.15) is 0 Å². The van der Waals surface area contributed by atoms with Crippen LogP contribution in [-0.2, 0) is 5.75 Å². The van der Waals surface area contributed by atoms with Crippen LogP contribution in [0.5, 0.6) is 0 Å². The third-order valence-electron chi connectivity index (χ3n) is 3.56. The maximum Gasteiger partial charge on any atom is 0.173 e. The first-order valence-corrected chi connectivity index (χ1v) is 8.44. The van der Waals surface area contributed by atoms with Crippen LogP contribution in [0.15, 0.2) is 36.4 Å². The first kappa shape index (κ1) is 16.1. The van der Waals surface area contributed by atoms with Crippen molar-refractivity contribution in [2.75, 3.05) is 5.75 Å². The lowest BCUT2D eigenvalue weighted by molar-refractivity contribution is 0.102. The number of Topliss-reactive ketones (excluding diaryl/α,β-unsaturated/α-hetero) is 1. The summed E-state index contributed by atoms with van der Waals surface area (Å²) in [5.41, 5.74) is 5.51. The number of rotatable bonds is 5. The molecule has 0 unspecified atom stereocenters. The second kappa shape index (κ2) is 7.15. The summed E-state index contributed by atoms with van der Waals surface area (Å²) in [6, 6.07) is 11.9. The summed E-state index contributed by atoms with van der Waals surface area (Å²) >= 11 is 7.50. The van der Waals surface area contributed by atoms with Crippen molar-refractivity contribution in [2.24, 2.45) is 0 Å². The van der Waals surface area contributed by atoms with Gasteiger partial charge in [0.2, 0.25) is 0 Å². The molecule has 1 nitrogen and oxygen atoms in total. The number of hydrogen-bond acceptors (Lipinski definition) is 2. The van der Waals surface area contributed by atoms with Gasteiger partial charge in [0, 0.05) is 16.3 Å². The zero-order chi connectivity index (χ0) is 15.4. The van der Waals surface area contributed by atoms with E-state index >= 15 is 0 Å². The van der Waals surface area contributed by atoms with Crippen molar-refractivity contribution in [1.29, 1.82) is 0 Å². The van der Waals surface area contributed by atoms with Crippen molar-refractivity contribution in [3.63, 3.8) is 0 Å². The molecule has 0 saturated heterocycles. The van der Waals surface area contributed by atoms with Crippen LogP contribution in [0, 0.1) is 20.8 Å². The molecule has 0 fully saturated rings. The average molecular weight is 319 g/mol. The summed E-state index contributed by atoms with van der Waals surface area (Å²) < 4.78 is 0. The normalized spacial score (nSPS) is 10.7. The molecule has 0 heterocycles. The van der Waals surface area contributed by atoms with Gasteiger partial charge in [-0.25, -0.2) is 0 Å². The van der Waals surface area contributed by atoms with Gasteiger partial charge in [-0.05, 0) is 61.2 Å². The molecule has 110 valence electrons. The Morgan fingerprint density at radius 3 is 2.29 bits per heavy atom. The molecule has 0 aliphatic heterocycles. The molecule has 21 heavy (non-hydrogen) atoms. The minimum atomic E-state index is 0.203. The predicted molar refractivity (Wildman–Crippen MR) is 92.6 cm³/mol. The van der Waals surface area contributed by atoms with E-state index in [1.54, 1.807) is 11.8 Å². The first-order chi connectivity index (χ1) is 9.97. The number of ketones is 1. The zero-order valence-electron chi connectivity index (χ0n) is 12.6. The van der Waals surface area contributed by atoms with Crippen molar-refractivity contribution in [3.8, 4) is 0 Å². The number of halogens is 1. The Balaban J connectivity index is 1.96. The predicted octanol–water partition coefficient (Wildman–Crippen LogP) is 5.38. The molecule has 0 aliphatic rings. The second-order valence-corrected chi connectivity index (χ2v) is 6.72. The van der Waals surface area contributed by atoms with Crippen LogP contribution >= 0.6 is 23.4 Å². The molecule has 2 aromatic carbocycles. The molecular formula is C18H19ClOS. The number of carbonyl (C=O) groups excluding carboxylic acids is 1. The lowest BCUT2D eigenvalue weighted by Crippen LogP contribution is -2.06. The number of hydrogen-bond donors (Lipinski definition) is 0. The van der Waals surface area contributed by atoms with Crippen molar-refractivity contribution in [2.45, 2.75) is 26.5 Å². The lowest BCUT2D eigenvalue weighted by Gasteiger charge is -2.09. The van der Waals surface area contributed by atoms with E-state index in [2.05, 4.69) is 13.0 Å². The molecule has 3 heteroatoms. The molecule has 0 amide bonds. The summed E-state index contributed by atoms with van der Waals surface area (Å²) in [5, 5.41) is 0.741. The Morgan fingerprint density at radius 1 is 1.00 bits per heavy atom. The largest absolute Gasteiger partial charge is 0.293 e. The highest BCUT2D eigenvalue weighted by atomic mass is 35.5. The fourth-order valence-corrected chi connectivity index (χ4v) is 3.18. The summed E-state index contributed by atoms with van der Waals surface area (Å²) in [7, 11) is 0. The Bertz CT molecular complexity index is 647. The van der Waals surface area contributed by atoms with Gasteiger partial charge in [-0.3, -0.25) is 4.79 Å². The van der Waals surface area contributed by atoms with E-state index in [1.807, 2.05) is 44.2 Å². The molecule has 0 N–H and O–H groups in total. The summed E-state index contributed by atoms with van der Waals surface area (Å²) in [4.78, 5) is 12.3. The van der Waals surface area contributed by atoms with Crippen LogP contribution in [0.25, 0.3) is 0 Å². The second-order valence-electron chi connectivity index (χ2n) is 5.29. The molecule has 2 rings (SSSR count). The molecule has 0 aliphatic carbocycles. The Kier molecular flexibility index (Phi) is 5.49. The highest BCUT2D eigenvalue weighted by Gasteiger charge is 2.10. The maximum absolute atomic E-state index is 12.3. The van der Waals surface area contributed by atoms with Crippen LogP contribution in [0.1, 0.15) is 32.6 Å². The van der Waals surface area contributed by atoms with Gasteiger partial charge in [-0.15, -0.1) is 11.8 Å². The zero-order valence-corrected chi connectivity index (χ0v) is 14.1. The van der Waals surface area contributed by atoms with E-state index in [4.69, 9.17) is 11.6 Å². The number of carbonyl (C=O) groups is 1. The molecule has 2 aromatic rings. The Labute approximate surface area is 135 Å². The molecule has 0 aromatic heterocycles. The number of aryl methyl sites for hydroxylation is 3.